The third-order valence-corrected chi connectivity index (χ3v) is 3.34. The maximum Gasteiger partial charge on any atom is 0.386 e. The van der Waals surface area contributed by atoms with E-state index in [2.05, 4.69) is 0 Å². The largest absolute Gasteiger partial charge is 0.386 e. The highest BCUT2D eigenvalue weighted by atomic mass is 16.7. The molecule has 3 rings (SSSR count). The van der Waals surface area contributed by atoms with Crippen molar-refractivity contribution in [2.24, 2.45) is 0 Å². The summed E-state index contributed by atoms with van der Waals surface area (Å²) < 4.78 is 0. The molecule has 0 fully saturated rings. The van der Waals surface area contributed by atoms with Gasteiger partial charge in [0.05, 0.1) is 5.69 Å². The lowest BCUT2D eigenvalue weighted by atomic mass is 10.1. The number of rotatable bonds is 4. The van der Waals surface area contributed by atoms with Crippen LogP contribution in [0.4, 0.5) is 10.5 Å². The maximum atomic E-state index is 12.5. The molecule has 0 saturated carbocycles. The van der Waals surface area contributed by atoms with Gasteiger partial charge in [-0.25, -0.2) is 4.79 Å². The standard InChI is InChI=1S/C17H16N2O3/c20-17(18(21)14-10-7-11-14)19(15-8-3-1-4-9-15)22-16-12-5-2-6-13-16/h1-6,8-10,12-13,21H,7,11H2. The number of carbonyl (C=O) groups is 1. The molecule has 112 valence electrons. The van der Waals surface area contributed by atoms with Gasteiger partial charge < -0.3 is 4.84 Å². The Hall–Kier alpha value is -2.79. The SMILES string of the molecule is O=C(N(O)C1=CCC1)N(Oc1ccccc1)c1ccccc1. The van der Waals surface area contributed by atoms with Crippen LogP contribution in [0.3, 0.4) is 0 Å². The highest BCUT2D eigenvalue weighted by Gasteiger charge is 2.27. The fourth-order valence-electron chi connectivity index (χ4n) is 2.03. The number of anilines is 1. The Kier molecular flexibility index (Phi) is 4.07. The van der Waals surface area contributed by atoms with Crippen molar-refractivity contribution in [1.82, 2.24) is 5.06 Å². The van der Waals surface area contributed by atoms with E-state index in [4.69, 9.17) is 4.84 Å². The van der Waals surface area contributed by atoms with Gasteiger partial charge in [-0.2, -0.15) is 5.06 Å². The monoisotopic (exact) mass is 296 g/mol. The summed E-state index contributed by atoms with van der Waals surface area (Å²) in [5.74, 6) is 0.510. The summed E-state index contributed by atoms with van der Waals surface area (Å²) in [5.41, 5.74) is 1.12. The van der Waals surface area contributed by atoms with Crippen LogP contribution in [0.25, 0.3) is 0 Å². The molecule has 1 aliphatic rings. The smallest absolute Gasteiger partial charge is 0.370 e. The van der Waals surface area contributed by atoms with Gasteiger partial charge in [-0.15, -0.1) is 5.06 Å². The molecule has 5 nitrogen and oxygen atoms in total. The Balaban J connectivity index is 1.87. The van der Waals surface area contributed by atoms with Gasteiger partial charge in [0.2, 0.25) is 0 Å². The first kappa shape index (κ1) is 14.2. The van der Waals surface area contributed by atoms with Crippen LogP contribution in [0.15, 0.2) is 72.4 Å². The number of hydroxylamine groups is 3. The van der Waals surface area contributed by atoms with E-state index in [1.54, 1.807) is 36.4 Å². The van der Waals surface area contributed by atoms with E-state index in [9.17, 15) is 10.0 Å². The van der Waals surface area contributed by atoms with Gasteiger partial charge >= 0.3 is 6.03 Å². The van der Waals surface area contributed by atoms with Gasteiger partial charge in [0.1, 0.15) is 0 Å². The van der Waals surface area contributed by atoms with Crippen LogP contribution < -0.4 is 9.90 Å². The molecule has 22 heavy (non-hydrogen) atoms. The summed E-state index contributed by atoms with van der Waals surface area (Å²) in [7, 11) is 0. The van der Waals surface area contributed by atoms with E-state index < -0.39 is 6.03 Å². The van der Waals surface area contributed by atoms with Crippen molar-refractivity contribution < 1.29 is 14.8 Å². The minimum absolute atomic E-state index is 0.510. The van der Waals surface area contributed by atoms with Crippen molar-refractivity contribution >= 4 is 11.7 Å². The van der Waals surface area contributed by atoms with Crippen molar-refractivity contribution in [3.05, 3.63) is 72.4 Å². The average Bonchev–Trinajstić information content (AvgIpc) is 2.52. The summed E-state index contributed by atoms with van der Waals surface area (Å²) in [4.78, 5) is 18.2. The molecule has 0 radical (unpaired) electrons. The minimum Gasteiger partial charge on any atom is -0.370 e. The van der Waals surface area contributed by atoms with E-state index in [0.717, 1.165) is 11.5 Å². The van der Waals surface area contributed by atoms with Gasteiger partial charge in [0.25, 0.3) is 0 Å². The van der Waals surface area contributed by atoms with Crippen molar-refractivity contribution in [1.29, 1.82) is 0 Å². The number of hydrogen-bond donors (Lipinski definition) is 1. The first-order valence-corrected chi connectivity index (χ1v) is 7.06. The number of amides is 2. The number of benzene rings is 2. The predicted molar refractivity (Wildman–Crippen MR) is 82.3 cm³/mol. The quantitative estimate of drug-likeness (QED) is 0.686. The molecule has 0 heterocycles. The van der Waals surface area contributed by atoms with Gasteiger partial charge in [0.15, 0.2) is 5.75 Å². The third-order valence-electron chi connectivity index (χ3n) is 3.34. The second-order valence-corrected chi connectivity index (χ2v) is 4.86. The summed E-state index contributed by atoms with van der Waals surface area (Å²) in [5, 5.41) is 11.8. The molecule has 0 atom stereocenters. The van der Waals surface area contributed by atoms with Gasteiger partial charge in [0, 0.05) is 5.70 Å². The molecule has 0 aromatic heterocycles. The van der Waals surface area contributed by atoms with Crippen LogP contribution in [0, 0.1) is 0 Å². The normalized spacial score (nSPS) is 12.9. The third kappa shape index (κ3) is 2.94. The lowest BCUT2D eigenvalue weighted by Gasteiger charge is -2.29. The second kappa shape index (κ2) is 6.32. The highest BCUT2D eigenvalue weighted by Crippen LogP contribution is 2.25. The fourth-order valence-corrected chi connectivity index (χ4v) is 2.03. The maximum absolute atomic E-state index is 12.5. The van der Waals surface area contributed by atoms with E-state index in [1.165, 1.54) is 0 Å². The second-order valence-electron chi connectivity index (χ2n) is 4.86. The average molecular weight is 296 g/mol. The van der Waals surface area contributed by atoms with Crippen molar-refractivity contribution in [2.75, 3.05) is 5.06 Å². The molecule has 2 amide bonds. The fraction of sp³-hybridized carbons (Fsp3) is 0.118. The van der Waals surface area contributed by atoms with Crippen molar-refractivity contribution in [2.45, 2.75) is 12.8 Å². The van der Waals surface area contributed by atoms with Crippen LogP contribution in [-0.2, 0) is 0 Å². The number of carbonyl (C=O) groups excluding carboxylic acids is 1. The van der Waals surface area contributed by atoms with Gasteiger partial charge in [-0.05, 0) is 37.1 Å². The number of urea groups is 1. The molecule has 0 spiro atoms. The van der Waals surface area contributed by atoms with E-state index in [-0.39, 0.29) is 0 Å². The van der Waals surface area contributed by atoms with Crippen LogP contribution >= 0.6 is 0 Å². The lowest BCUT2D eigenvalue weighted by molar-refractivity contribution is -0.0205. The molecule has 0 bridgehead atoms. The van der Waals surface area contributed by atoms with E-state index in [1.807, 2.05) is 30.3 Å². The minimum atomic E-state index is -0.652. The van der Waals surface area contributed by atoms with Gasteiger partial charge in [-0.1, -0.05) is 42.5 Å². The number of para-hydroxylation sites is 2. The molecule has 2 aromatic rings. The first-order chi connectivity index (χ1) is 10.8. The molecule has 0 aliphatic heterocycles. The molecular weight excluding hydrogens is 280 g/mol. The molecule has 0 saturated heterocycles. The van der Waals surface area contributed by atoms with Crippen LogP contribution in [0.2, 0.25) is 0 Å². The lowest BCUT2D eigenvalue weighted by Crippen LogP contribution is -2.44. The number of nitrogens with zero attached hydrogens (tertiary/aromatic N) is 2. The number of allylic oxidation sites excluding steroid dienone is 2. The molecule has 2 aromatic carbocycles. The highest BCUT2D eigenvalue weighted by molar-refractivity contribution is 5.90. The van der Waals surface area contributed by atoms with Crippen LogP contribution in [-0.4, -0.2) is 16.3 Å². The van der Waals surface area contributed by atoms with Crippen LogP contribution in [0.5, 0.6) is 5.75 Å². The molecular formula is C17H16N2O3. The first-order valence-electron chi connectivity index (χ1n) is 7.06. The van der Waals surface area contributed by atoms with E-state index >= 15 is 0 Å². The Bertz CT molecular complexity index is 671. The van der Waals surface area contributed by atoms with Gasteiger partial charge in [-0.3, -0.25) is 5.21 Å². The summed E-state index contributed by atoms with van der Waals surface area (Å²) in [6, 6.07) is 17.2. The molecule has 5 heteroatoms. The molecule has 0 unspecified atom stereocenters. The Morgan fingerprint density at radius 2 is 1.59 bits per heavy atom. The zero-order valence-electron chi connectivity index (χ0n) is 11.9. The molecule has 1 aliphatic carbocycles. The number of hydrogen-bond acceptors (Lipinski definition) is 3. The zero-order chi connectivity index (χ0) is 15.4. The zero-order valence-corrected chi connectivity index (χ0v) is 11.9. The topological polar surface area (TPSA) is 53.0 Å². The van der Waals surface area contributed by atoms with E-state index in [0.29, 0.717) is 28.6 Å². The summed E-state index contributed by atoms with van der Waals surface area (Å²) in [6.45, 7) is 0. The Morgan fingerprint density at radius 1 is 1.00 bits per heavy atom. The summed E-state index contributed by atoms with van der Waals surface area (Å²) in [6.07, 6.45) is 3.35. The van der Waals surface area contributed by atoms with Crippen molar-refractivity contribution in [3.8, 4) is 5.75 Å². The Morgan fingerprint density at radius 3 is 2.14 bits per heavy atom. The summed E-state index contributed by atoms with van der Waals surface area (Å²) >= 11 is 0. The van der Waals surface area contributed by atoms with Crippen molar-refractivity contribution in [3.63, 3.8) is 0 Å². The Labute approximate surface area is 128 Å². The molecule has 1 N–H and O–H groups in total. The van der Waals surface area contributed by atoms with Crippen LogP contribution in [0.1, 0.15) is 12.8 Å². The predicted octanol–water partition coefficient (Wildman–Crippen LogP) is 3.98.